The van der Waals surface area contributed by atoms with Crippen LogP contribution in [0, 0.1) is 29.3 Å². The highest BCUT2D eigenvalue weighted by atomic mass is 19.2. The molecular weight excluding hydrogens is 487 g/mol. The number of primary amides is 1. The Morgan fingerprint density at radius 2 is 1.81 bits per heavy atom. The molecule has 2 saturated carbocycles. The first-order valence-electron chi connectivity index (χ1n) is 12.6. The number of nitrogens with two attached hydrogens (primary N) is 1. The van der Waals surface area contributed by atoms with E-state index in [1.165, 1.54) is 6.20 Å². The molecule has 0 aliphatic heterocycles. The molecule has 0 saturated heterocycles. The van der Waals surface area contributed by atoms with Crippen molar-refractivity contribution in [1.29, 1.82) is 0 Å². The number of carbonyl (C=O) groups excluding carboxylic acids is 1. The average Bonchev–Trinajstić information content (AvgIpc) is 3.23. The van der Waals surface area contributed by atoms with E-state index in [1.54, 1.807) is 4.57 Å². The van der Waals surface area contributed by atoms with Crippen molar-refractivity contribution in [2.24, 2.45) is 17.6 Å². The summed E-state index contributed by atoms with van der Waals surface area (Å²) in [5.41, 5.74) is 5.66. The molecule has 2 heterocycles. The number of anilines is 3. The molecule has 0 radical (unpaired) electrons. The van der Waals surface area contributed by atoms with Gasteiger partial charge in [-0.15, -0.1) is 0 Å². The van der Waals surface area contributed by atoms with Gasteiger partial charge < -0.3 is 21.5 Å². The summed E-state index contributed by atoms with van der Waals surface area (Å²) in [7, 11) is 0. The van der Waals surface area contributed by atoms with Crippen LogP contribution in [-0.4, -0.2) is 42.7 Å². The lowest BCUT2D eigenvalue weighted by molar-refractivity contribution is -0.122. The minimum Gasteiger partial charge on any atom is -0.393 e. The van der Waals surface area contributed by atoms with Crippen molar-refractivity contribution >= 4 is 34.7 Å². The van der Waals surface area contributed by atoms with Crippen LogP contribution in [0.5, 0.6) is 0 Å². The largest absolute Gasteiger partial charge is 0.393 e. The molecule has 5 N–H and O–H groups in total. The molecule has 1 aromatic carbocycles. The number of nitrogens with one attached hydrogen (secondary N) is 2. The van der Waals surface area contributed by atoms with Gasteiger partial charge in [0.1, 0.15) is 17.0 Å². The number of amides is 1. The molecule has 2 aromatic heterocycles. The molecule has 2 fully saturated rings. The van der Waals surface area contributed by atoms with Crippen LogP contribution in [-0.2, 0) is 4.79 Å². The molecule has 1 amide bonds. The van der Waals surface area contributed by atoms with Crippen molar-refractivity contribution in [3.05, 3.63) is 35.8 Å². The number of rotatable bonds is 6. The number of aromatic nitrogens is 4. The maximum atomic E-state index is 14.5. The summed E-state index contributed by atoms with van der Waals surface area (Å²) in [6.07, 6.45) is 5.66. The van der Waals surface area contributed by atoms with Crippen LogP contribution in [0.1, 0.15) is 57.9 Å². The van der Waals surface area contributed by atoms with Gasteiger partial charge in [0.15, 0.2) is 17.3 Å². The quantitative estimate of drug-likeness (QED) is 0.361. The second-order valence-electron chi connectivity index (χ2n) is 10.2. The van der Waals surface area contributed by atoms with E-state index >= 15 is 0 Å². The van der Waals surface area contributed by atoms with Crippen LogP contribution < -0.4 is 16.4 Å². The number of hydrogen-bond acceptors (Lipinski definition) is 7. The van der Waals surface area contributed by atoms with Crippen LogP contribution in [0.15, 0.2) is 18.3 Å². The third kappa shape index (κ3) is 5.07. The Morgan fingerprint density at radius 1 is 1.08 bits per heavy atom. The number of nitrogens with zero attached hydrogens (tertiary/aromatic N) is 4. The van der Waals surface area contributed by atoms with Crippen LogP contribution in [0.3, 0.4) is 0 Å². The lowest BCUT2D eigenvalue weighted by Crippen LogP contribution is -2.35. The van der Waals surface area contributed by atoms with Crippen molar-refractivity contribution in [1.82, 2.24) is 19.5 Å². The molecule has 2 aliphatic carbocycles. The molecule has 198 valence electrons. The van der Waals surface area contributed by atoms with Gasteiger partial charge >= 0.3 is 0 Å². The van der Waals surface area contributed by atoms with Gasteiger partial charge in [-0.25, -0.2) is 23.1 Å². The van der Waals surface area contributed by atoms with Crippen LogP contribution >= 0.6 is 0 Å². The highest BCUT2D eigenvalue weighted by Gasteiger charge is 2.31. The van der Waals surface area contributed by atoms with E-state index in [2.05, 4.69) is 25.6 Å². The zero-order valence-corrected chi connectivity index (χ0v) is 20.4. The predicted octanol–water partition coefficient (Wildman–Crippen LogP) is 4.17. The second-order valence-corrected chi connectivity index (χ2v) is 10.2. The van der Waals surface area contributed by atoms with Crippen LogP contribution in [0.2, 0.25) is 0 Å². The SMILES string of the molecule is C[C@@H]1CC[C@@H](Nc2ncc3nc(Nc4c(F)ccc(F)c4F)n([C@H]4CC[C@H](C(N)=O)CC4)c3n2)C[C@H]1O. The van der Waals surface area contributed by atoms with Gasteiger partial charge in [0, 0.05) is 18.0 Å². The van der Waals surface area contributed by atoms with E-state index in [9.17, 15) is 23.1 Å². The summed E-state index contributed by atoms with van der Waals surface area (Å²) in [5, 5.41) is 16.2. The number of hydrogen-bond donors (Lipinski definition) is 4. The maximum Gasteiger partial charge on any atom is 0.224 e. The Hall–Kier alpha value is -3.41. The first kappa shape index (κ1) is 25.2. The maximum absolute atomic E-state index is 14.5. The lowest BCUT2D eigenvalue weighted by Gasteiger charge is -2.31. The summed E-state index contributed by atoms with van der Waals surface area (Å²) >= 11 is 0. The molecular formula is C25H30F3N7O2. The first-order valence-corrected chi connectivity index (χ1v) is 12.6. The van der Waals surface area contributed by atoms with E-state index < -0.39 is 29.2 Å². The number of aliphatic hydroxyl groups excluding tert-OH is 1. The van der Waals surface area contributed by atoms with E-state index in [-0.39, 0.29) is 35.8 Å². The third-order valence-corrected chi connectivity index (χ3v) is 7.66. The van der Waals surface area contributed by atoms with E-state index in [0.29, 0.717) is 49.2 Å². The monoisotopic (exact) mass is 517 g/mol. The number of aliphatic hydroxyl groups is 1. The Kier molecular flexibility index (Phi) is 6.93. The van der Waals surface area contributed by atoms with Crippen molar-refractivity contribution in [2.75, 3.05) is 10.6 Å². The molecule has 2 aliphatic rings. The van der Waals surface area contributed by atoms with Gasteiger partial charge in [-0.2, -0.15) is 4.98 Å². The molecule has 0 spiro atoms. The van der Waals surface area contributed by atoms with Gasteiger partial charge in [0.05, 0.1) is 12.3 Å². The molecule has 5 rings (SSSR count). The third-order valence-electron chi connectivity index (χ3n) is 7.66. The summed E-state index contributed by atoms with van der Waals surface area (Å²) < 4.78 is 44.5. The summed E-state index contributed by atoms with van der Waals surface area (Å²) in [6.45, 7) is 2.02. The topological polar surface area (TPSA) is 131 Å². The molecule has 37 heavy (non-hydrogen) atoms. The number of carbonyl (C=O) groups is 1. The highest BCUT2D eigenvalue weighted by Crippen LogP contribution is 2.38. The molecule has 0 unspecified atom stereocenters. The zero-order chi connectivity index (χ0) is 26.3. The second kappa shape index (κ2) is 10.2. The minimum absolute atomic E-state index is 0.000826. The summed E-state index contributed by atoms with van der Waals surface area (Å²) in [5.74, 6) is -3.43. The van der Waals surface area contributed by atoms with E-state index in [4.69, 9.17) is 5.73 Å². The van der Waals surface area contributed by atoms with Crippen molar-refractivity contribution in [3.8, 4) is 0 Å². The fourth-order valence-electron chi connectivity index (χ4n) is 5.38. The van der Waals surface area contributed by atoms with Crippen LogP contribution in [0.25, 0.3) is 11.2 Å². The molecule has 9 nitrogen and oxygen atoms in total. The lowest BCUT2D eigenvalue weighted by atomic mass is 9.85. The van der Waals surface area contributed by atoms with Gasteiger partial charge in [-0.3, -0.25) is 9.36 Å². The smallest absolute Gasteiger partial charge is 0.224 e. The highest BCUT2D eigenvalue weighted by molar-refractivity contribution is 5.78. The fraction of sp³-hybridized carbons (Fsp3) is 0.520. The van der Waals surface area contributed by atoms with Crippen molar-refractivity contribution in [2.45, 2.75) is 70.1 Å². The predicted molar refractivity (Wildman–Crippen MR) is 132 cm³/mol. The zero-order valence-electron chi connectivity index (χ0n) is 20.4. The van der Waals surface area contributed by atoms with E-state index in [1.807, 2.05) is 6.92 Å². The Labute approximate surface area is 211 Å². The normalized spacial score (nSPS) is 26.2. The fourth-order valence-corrected chi connectivity index (χ4v) is 5.38. The van der Waals surface area contributed by atoms with E-state index in [0.717, 1.165) is 25.0 Å². The average molecular weight is 518 g/mol. The first-order chi connectivity index (χ1) is 17.7. The molecule has 12 heteroatoms. The van der Waals surface area contributed by atoms with Crippen molar-refractivity contribution in [3.63, 3.8) is 0 Å². The van der Waals surface area contributed by atoms with Crippen molar-refractivity contribution < 1.29 is 23.1 Å². The van der Waals surface area contributed by atoms with Gasteiger partial charge in [-0.1, -0.05) is 6.92 Å². The minimum atomic E-state index is -1.35. The number of halogens is 3. The molecule has 3 atom stereocenters. The number of fused-ring (bicyclic) bond motifs is 1. The standard InChI is InChI=1S/C25H30F3N7O2/c1-12-2-5-14(10-19(12)36)31-24-30-11-18-23(34-24)35(15-6-3-13(4-7-15)22(29)37)25(32-18)33-21-17(27)9-8-16(26)20(21)28/h8-9,11-15,19,36H,2-7,10H2,1H3,(H2,29,37)(H,32,33)(H,30,31,34)/t12-,13-,14-,15-,19-/m1/s1. The Bertz CT molecular complexity index is 1310. The summed E-state index contributed by atoms with van der Waals surface area (Å²) in [6, 6.07) is 1.37. The summed E-state index contributed by atoms with van der Waals surface area (Å²) in [4.78, 5) is 25.2. The molecule has 0 bridgehead atoms. The Balaban J connectivity index is 1.51. The Morgan fingerprint density at radius 3 is 2.51 bits per heavy atom. The van der Waals surface area contributed by atoms with Crippen LogP contribution in [0.4, 0.5) is 30.8 Å². The number of benzene rings is 1. The van der Waals surface area contributed by atoms with Gasteiger partial charge in [-0.05, 0) is 63.0 Å². The molecule has 3 aromatic rings. The van der Waals surface area contributed by atoms with Gasteiger partial charge in [0.2, 0.25) is 17.8 Å². The number of imidazole rings is 1. The van der Waals surface area contributed by atoms with Gasteiger partial charge in [0.25, 0.3) is 0 Å².